The minimum absolute atomic E-state index is 0.203. The van der Waals surface area contributed by atoms with Crippen molar-refractivity contribution in [2.24, 2.45) is 11.7 Å². The second-order valence-corrected chi connectivity index (χ2v) is 4.75. The molecular weight excluding hydrogens is 190 g/mol. The van der Waals surface area contributed by atoms with Crippen LogP contribution in [-0.4, -0.2) is 43.5 Å². The van der Waals surface area contributed by atoms with Crippen LogP contribution in [0.15, 0.2) is 0 Å². The van der Waals surface area contributed by atoms with E-state index in [9.17, 15) is 4.79 Å². The molecule has 0 aromatic heterocycles. The number of nitrogens with one attached hydrogen (secondary N) is 1. The number of hydrogen-bond acceptors (Lipinski definition) is 3. The van der Waals surface area contributed by atoms with Crippen molar-refractivity contribution in [2.75, 3.05) is 26.7 Å². The standard InChI is InChI=1S/C11H23N3O/c1-9(6-11(12)15)13-7-10-4-3-5-14(2)8-10/h9-10,13H,3-8H2,1-2H3,(H2,12,15). The largest absolute Gasteiger partial charge is 0.370 e. The van der Waals surface area contributed by atoms with Crippen molar-refractivity contribution >= 4 is 5.91 Å². The zero-order valence-corrected chi connectivity index (χ0v) is 9.83. The van der Waals surface area contributed by atoms with Gasteiger partial charge in [0, 0.05) is 19.0 Å². The summed E-state index contributed by atoms with van der Waals surface area (Å²) in [6.07, 6.45) is 3.01. The molecule has 4 heteroatoms. The number of nitrogens with two attached hydrogens (primary N) is 1. The highest BCUT2D eigenvalue weighted by Crippen LogP contribution is 2.14. The predicted molar refractivity (Wildman–Crippen MR) is 61.5 cm³/mol. The molecule has 2 unspecified atom stereocenters. The fourth-order valence-corrected chi connectivity index (χ4v) is 2.18. The SMILES string of the molecule is CC(CC(N)=O)NCC1CCCN(C)C1. The lowest BCUT2D eigenvalue weighted by molar-refractivity contribution is -0.118. The lowest BCUT2D eigenvalue weighted by atomic mass is 9.98. The molecule has 1 saturated heterocycles. The van der Waals surface area contributed by atoms with E-state index in [0.717, 1.165) is 19.0 Å². The third kappa shape index (κ3) is 5.14. The van der Waals surface area contributed by atoms with Gasteiger partial charge < -0.3 is 16.0 Å². The first kappa shape index (κ1) is 12.5. The Labute approximate surface area is 92.2 Å². The quantitative estimate of drug-likeness (QED) is 0.685. The lowest BCUT2D eigenvalue weighted by Gasteiger charge is -2.30. The molecule has 1 aliphatic rings. The van der Waals surface area contributed by atoms with Gasteiger partial charge >= 0.3 is 0 Å². The van der Waals surface area contributed by atoms with Gasteiger partial charge in [-0.2, -0.15) is 0 Å². The van der Waals surface area contributed by atoms with Crippen LogP contribution in [0.3, 0.4) is 0 Å². The van der Waals surface area contributed by atoms with Crippen LogP contribution < -0.4 is 11.1 Å². The number of piperidine rings is 1. The molecular formula is C11H23N3O. The van der Waals surface area contributed by atoms with Crippen molar-refractivity contribution in [2.45, 2.75) is 32.2 Å². The summed E-state index contributed by atoms with van der Waals surface area (Å²) >= 11 is 0. The van der Waals surface area contributed by atoms with E-state index in [1.54, 1.807) is 0 Å². The Bertz CT molecular complexity index is 208. The molecule has 1 aliphatic heterocycles. The molecule has 0 radical (unpaired) electrons. The number of carbonyl (C=O) groups is 1. The molecule has 4 nitrogen and oxygen atoms in total. The average molecular weight is 213 g/mol. The number of primary amides is 1. The molecule has 0 bridgehead atoms. The number of hydrogen-bond donors (Lipinski definition) is 2. The van der Waals surface area contributed by atoms with E-state index in [4.69, 9.17) is 5.73 Å². The van der Waals surface area contributed by atoms with Gasteiger partial charge in [0.25, 0.3) is 0 Å². The summed E-state index contributed by atoms with van der Waals surface area (Å²) in [6, 6.07) is 0.203. The van der Waals surface area contributed by atoms with Crippen LogP contribution >= 0.6 is 0 Å². The Morgan fingerprint density at radius 1 is 1.67 bits per heavy atom. The van der Waals surface area contributed by atoms with Crippen LogP contribution in [0, 0.1) is 5.92 Å². The number of rotatable bonds is 5. The Hall–Kier alpha value is -0.610. The second kappa shape index (κ2) is 6.08. The first-order chi connectivity index (χ1) is 7.08. The fraction of sp³-hybridized carbons (Fsp3) is 0.909. The van der Waals surface area contributed by atoms with Crippen molar-refractivity contribution in [1.29, 1.82) is 0 Å². The highest BCUT2D eigenvalue weighted by Gasteiger charge is 2.17. The average Bonchev–Trinajstić information content (AvgIpc) is 2.14. The first-order valence-electron chi connectivity index (χ1n) is 5.78. The van der Waals surface area contributed by atoms with Crippen molar-refractivity contribution in [3.05, 3.63) is 0 Å². The van der Waals surface area contributed by atoms with E-state index in [1.165, 1.54) is 19.4 Å². The van der Waals surface area contributed by atoms with Crippen LogP contribution in [0.4, 0.5) is 0 Å². The van der Waals surface area contributed by atoms with Crippen molar-refractivity contribution in [3.63, 3.8) is 0 Å². The smallest absolute Gasteiger partial charge is 0.218 e. The topological polar surface area (TPSA) is 58.4 Å². The van der Waals surface area contributed by atoms with Crippen molar-refractivity contribution in [3.8, 4) is 0 Å². The van der Waals surface area contributed by atoms with Crippen molar-refractivity contribution in [1.82, 2.24) is 10.2 Å². The Morgan fingerprint density at radius 2 is 2.40 bits per heavy atom. The lowest BCUT2D eigenvalue weighted by Crippen LogP contribution is -2.40. The molecule has 3 N–H and O–H groups in total. The van der Waals surface area contributed by atoms with Gasteiger partial charge in [-0.3, -0.25) is 4.79 Å². The van der Waals surface area contributed by atoms with Crippen LogP contribution in [0.25, 0.3) is 0 Å². The van der Waals surface area contributed by atoms with Gasteiger partial charge in [0.1, 0.15) is 0 Å². The molecule has 15 heavy (non-hydrogen) atoms. The highest BCUT2D eigenvalue weighted by atomic mass is 16.1. The van der Waals surface area contributed by atoms with E-state index in [2.05, 4.69) is 17.3 Å². The molecule has 0 saturated carbocycles. The maximum absolute atomic E-state index is 10.7. The van der Waals surface area contributed by atoms with E-state index < -0.39 is 0 Å². The predicted octanol–water partition coefficient (Wildman–Crippen LogP) is 0.182. The van der Waals surface area contributed by atoms with Crippen LogP contribution in [0.2, 0.25) is 0 Å². The maximum Gasteiger partial charge on any atom is 0.218 e. The van der Waals surface area contributed by atoms with E-state index in [0.29, 0.717) is 6.42 Å². The zero-order valence-electron chi connectivity index (χ0n) is 9.83. The maximum atomic E-state index is 10.7. The number of carbonyl (C=O) groups excluding carboxylic acids is 1. The van der Waals surface area contributed by atoms with E-state index in [-0.39, 0.29) is 11.9 Å². The molecule has 0 aromatic rings. The van der Waals surface area contributed by atoms with E-state index >= 15 is 0 Å². The zero-order chi connectivity index (χ0) is 11.3. The van der Waals surface area contributed by atoms with Gasteiger partial charge in [0.2, 0.25) is 5.91 Å². The minimum atomic E-state index is -0.226. The van der Waals surface area contributed by atoms with Gasteiger partial charge in [0.05, 0.1) is 0 Å². The summed E-state index contributed by atoms with van der Waals surface area (Å²) in [5, 5.41) is 3.38. The van der Waals surface area contributed by atoms with Crippen LogP contribution in [0.1, 0.15) is 26.2 Å². The van der Waals surface area contributed by atoms with Gasteiger partial charge in [0.15, 0.2) is 0 Å². The Morgan fingerprint density at radius 3 is 3.00 bits per heavy atom. The molecule has 2 atom stereocenters. The van der Waals surface area contributed by atoms with Gasteiger partial charge in [-0.1, -0.05) is 0 Å². The normalized spacial score (nSPS) is 25.1. The summed E-state index contributed by atoms with van der Waals surface area (Å²) in [7, 11) is 2.17. The molecule has 0 spiro atoms. The molecule has 88 valence electrons. The third-order valence-electron chi connectivity index (χ3n) is 2.98. The highest BCUT2D eigenvalue weighted by molar-refractivity contribution is 5.74. The van der Waals surface area contributed by atoms with Crippen LogP contribution in [-0.2, 0) is 4.79 Å². The van der Waals surface area contributed by atoms with Gasteiger partial charge in [-0.05, 0) is 45.8 Å². The van der Waals surface area contributed by atoms with Crippen molar-refractivity contribution < 1.29 is 4.79 Å². The summed E-state index contributed by atoms with van der Waals surface area (Å²) in [5.41, 5.74) is 5.14. The van der Waals surface area contributed by atoms with Crippen LogP contribution in [0.5, 0.6) is 0 Å². The summed E-state index contributed by atoms with van der Waals surface area (Å²) in [6.45, 7) is 5.39. The summed E-state index contributed by atoms with van der Waals surface area (Å²) in [5.74, 6) is 0.495. The van der Waals surface area contributed by atoms with Gasteiger partial charge in [-0.15, -0.1) is 0 Å². The molecule has 1 amide bonds. The third-order valence-corrected chi connectivity index (χ3v) is 2.98. The molecule has 0 aliphatic carbocycles. The van der Waals surface area contributed by atoms with Gasteiger partial charge in [-0.25, -0.2) is 0 Å². The molecule has 0 aromatic carbocycles. The second-order valence-electron chi connectivity index (χ2n) is 4.75. The first-order valence-corrected chi connectivity index (χ1v) is 5.78. The number of likely N-dealkylation sites (tertiary alicyclic amines) is 1. The Balaban J connectivity index is 2.15. The number of nitrogens with zero attached hydrogens (tertiary/aromatic N) is 1. The fourth-order valence-electron chi connectivity index (χ4n) is 2.18. The summed E-state index contributed by atoms with van der Waals surface area (Å²) in [4.78, 5) is 13.1. The minimum Gasteiger partial charge on any atom is -0.370 e. The molecule has 1 fully saturated rings. The molecule has 1 heterocycles. The van der Waals surface area contributed by atoms with E-state index in [1.807, 2.05) is 6.92 Å². The monoisotopic (exact) mass is 213 g/mol. The number of amides is 1. The summed E-state index contributed by atoms with van der Waals surface area (Å²) < 4.78 is 0. The Kier molecular flexibility index (Phi) is 5.05. The molecule has 1 rings (SSSR count).